The van der Waals surface area contributed by atoms with E-state index in [0.29, 0.717) is 22.4 Å². The van der Waals surface area contributed by atoms with E-state index in [2.05, 4.69) is 20.9 Å². The third-order valence-corrected chi connectivity index (χ3v) is 4.01. The Morgan fingerprint density at radius 3 is 2.34 bits per heavy atom. The van der Waals surface area contributed by atoms with Crippen molar-refractivity contribution in [1.82, 2.24) is 15.0 Å². The van der Waals surface area contributed by atoms with Gasteiger partial charge in [0.1, 0.15) is 12.0 Å². The molecule has 3 aromatic rings. The van der Waals surface area contributed by atoms with Gasteiger partial charge in [0.2, 0.25) is 0 Å². The zero-order valence-electron chi connectivity index (χ0n) is 15.2. The highest BCUT2D eigenvalue weighted by Crippen LogP contribution is 2.35. The third kappa shape index (κ3) is 4.24. The number of hydrogen-bond acceptors (Lipinski definition) is 5. The molecule has 5 nitrogen and oxygen atoms in total. The Hall–Kier alpha value is -3.73. The molecule has 146 valence electrons. The van der Waals surface area contributed by atoms with Crippen molar-refractivity contribution >= 4 is 5.97 Å². The van der Waals surface area contributed by atoms with Crippen LogP contribution in [0.3, 0.4) is 0 Å². The van der Waals surface area contributed by atoms with Gasteiger partial charge >= 0.3 is 12.1 Å². The molecule has 2 aromatic heterocycles. The summed E-state index contributed by atoms with van der Waals surface area (Å²) >= 11 is 0. The van der Waals surface area contributed by atoms with Crippen molar-refractivity contribution in [2.24, 2.45) is 0 Å². The third-order valence-electron chi connectivity index (χ3n) is 4.01. The second-order valence-electron chi connectivity index (χ2n) is 5.85. The molecule has 0 aliphatic heterocycles. The molecule has 0 spiro atoms. The number of pyridine rings is 1. The number of benzene rings is 1. The summed E-state index contributed by atoms with van der Waals surface area (Å²) in [7, 11) is 0. The molecular formula is C21H14F3N3O2. The van der Waals surface area contributed by atoms with Gasteiger partial charge in [-0.05, 0) is 36.6 Å². The maximum Gasteiger partial charge on any atom is 0.416 e. The number of carbonyl (C=O) groups is 1. The highest BCUT2D eigenvalue weighted by atomic mass is 19.4. The van der Waals surface area contributed by atoms with Crippen LogP contribution in [-0.2, 0) is 10.9 Å². The Balaban J connectivity index is 2.23. The first-order valence-corrected chi connectivity index (χ1v) is 8.47. The Morgan fingerprint density at radius 1 is 1.14 bits per heavy atom. The molecule has 0 aliphatic rings. The average Bonchev–Trinajstić information content (AvgIpc) is 2.73. The van der Waals surface area contributed by atoms with Gasteiger partial charge < -0.3 is 4.74 Å². The summed E-state index contributed by atoms with van der Waals surface area (Å²) in [5, 5.41) is 0. The lowest BCUT2D eigenvalue weighted by molar-refractivity contribution is -0.137. The van der Waals surface area contributed by atoms with E-state index in [0.717, 1.165) is 12.1 Å². The lowest BCUT2D eigenvalue weighted by Gasteiger charge is -2.14. The highest BCUT2D eigenvalue weighted by Gasteiger charge is 2.30. The first kappa shape index (κ1) is 20.0. The Bertz CT molecular complexity index is 1070. The Morgan fingerprint density at radius 2 is 1.79 bits per heavy atom. The van der Waals surface area contributed by atoms with Gasteiger partial charge in [0.05, 0.1) is 23.4 Å². The van der Waals surface area contributed by atoms with E-state index >= 15 is 0 Å². The minimum atomic E-state index is -4.46. The Labute approximate surface area is 164 Å². The number of halogens is 3. The van der Waals surface area contributed by atoms with Crippen LogP contribution >= 0.6 is 0 Å². The van der Waals surface area contributed by atoms with Crippen LogP contribution in [0.25, 0.3) is 22.4 Å². The number of aromatic nitrogens is 3. The molecule has 3 rings (SSSR count). The number of carbonyl (C=O) groups excluding carboxylic acids is 1. The lowest BCUT2D eigenvalue weighted by Crippen LogP contribution is -2.10. The van der Waals surface area contributed by atoms with E-state index in [1.54, 1.807) is 6.92 Å². The van der Waals surface area contributed by atoms with Crippen LogP contribution in [-0.4, -0.2) is 27.5 Å². The monoisotopic (exact) mass is 397 g/mol. The topological polar surface area (TPSA) is 65.0 Å². The molecule has 0 unspecified atom stereocenters. The van der Waals surface area contributed by atoms with Gasteiger partial charge in [-0.3, -0.25) is 0 Å². The second-order valence-corrected chi connectivity index (χ2v) is 5.85. The zero-order chi connectivity index (χ0) is 21.0. The van der Waals surface area contributed by atoms with E-state index in [1.165, 1.54) is 36.9 Å². The summed E-state index contributed by atoms with van der Waals surface area (Å²) in [5.41, 5.74) is 0.960. The predicted molar refractivity (Wildman–Crippen MR) is 99.6 cm³/mol. The molecule has 0 saturated carbocycles. The maximum atomic E-state index is 12.9. The summed E-state index contributed by atoms with van der Waals surface area (Å²) in [6.45, 7) is 1.78. The molecular weight excluding hydrogens is 383 g/mol. The van der Waals surface area contributed by atoms with Crippen molar-refractivity contribution in [1.29, 1.82) is 0 Å². The fraction of sp³-hybridized carbons (Fsp3) is 0.143. The van der Waals surface area contributed by atoms with Crippen LogP contribution in [0.2, 0.25) is 0 Å². The molecule has 0 fully saturated rings. The largest absolute Gasteiger partial charge is 0.462 e. The lowest BCUT2D eigenvalue weighted by atomic mass is 9.96. The molecule has 0 amide bonds. The summed E-state index contributed by atoms with van der Waals surface area (Å²) < 4.78 is 43.7. The fourth-order valence-corrected chi connectivity index (χ4v) is 2.69. The van der Waals surface area contributed by atoms with E-state index in [-0.39, 0.29) is 17.9 Å². The summed E-state index contributed by atoms with van der Waals surface area (Å²) in [4.78, 5) is 24.6. The van der Waals surface area contributed by atoms with Gasteiger partial charge in [-0.25, -0.2) is 19.7 Å². The zero-order valence-corrected chi connectivity index (χ0v) is 15.2. The first-order valence-electron chi connectivity index (χ1n) is 8.47. The minimum absolute atomic E-state index is 0.0462. The van der Waals surface area contributed by atoms with Crippen molar-refractivity contribution in [2.45, 2.75) is 13.1 Å². The average molecular weight is 397 g/mol. The molecule has 0 radical (unpaired) electrons. The number of ether oxygens (including phenoxy) is 1. The van der Waals surface area contributed by atoms with Crippen LogP contribution in [0.5, 0.6) is 0 Å². The molecule has 29 heavy (non-hydrogen) atoms. The number of esters is 1. The minimum Gasteiger partial charge on any atom is -0.462 e. The van der Waals surface area contributed by atoms with Gasteiger partial charge in [0.15, 0.2) is 0 Å². The Kier molecular flexibility index (Phi) is 5.59. The SMILES string of the molecule is C#Cc1nc(-c2cncnc2)c(-c2ccc(C(F)(F)F)cc2)cc1C(=O)OCC. The molecule has 0 bridgehead atoms. The van der Waals surface area contributed by atoms with Crippen molar-refractivity contribution in [2.75, 3.05) is 6.61 Å². The predicted octanol–water partition coefficient (Wildman–Crippen LogP) is 4.38. The fourth-order valence-electron chi connectivity index (χ4n) is 2.69. The number of terminal acetylenes is 1. The summed E-state index contributed by atoms with van der Waals surface area (Å²) in [6.07, 6.45) is 5.37. The van der Waals surface area contributed by atoms with E-state index in [9.17, 15) is 18.0 Å². The van der Waals surface area contributed by atoms with Gasteiger partial charge in [0, 0.05) is 23.5 Å². The molecule has 1 aromatic carbocycles. The van der Waals surface area contributed by atoms with Gasteiger partial charge in [-0.2, -0.15) is 13.2 Å². The molecule has 2 heterocycles. The molecule has 8 heteroatoms. The normalized spacial score (nSPS) is 11.0. The van der Waals surface area contributed by atoms with E-state index in [1.807, 2.05) is 0 Å². The number of hydrogen-bond donors (Lipinski definition) is 0. The van der Waals surface area contributed by atoms with Crippen LogP contribution in [0.4, 0.5) is 13.2 Å². The quantitative estimate of drug-likeness (QED) is 0.483. The van der Waals surface area contributed by atoms with Crippen LogP contribution in [0, 0.1) is 12.3 Å². The van der Waals surface area contributed by atoms with Crippen molar-refractivity contribution in [3.8, 4) is 34.7 Å². The summed E-state index contributed by atoms with van der Waals surface area (Å²) in [5.74, 6) is 1.68. The maximum absolute atomic E-state index is 12.9. The highest BCUT2D eigenvalue weighted by molar-refractivity contribution is 5.95. The molecule has 0 saturated heterocycles. The van der Waals surface area contributed by atoms with Gasteiger partial charge in [-0.15, -0.1) is 6.42 Å². The van der Waals surface area contributed by atoms with E-state index < -0.39 is 17.7 Å². The van der Waals surface area contributed by atoms with Crippen molar-refractivity contribution in [3.63, 3.8) is 0 Å². The first-order chi connectivity index (χ1) is 13.8. The molecule has 0 N–H and O–H groups in total. The van der Waals surface area contributed by atoms with Crippen LogP contribution in [0.1, 0.15) is 28.5 Å². The van der Waals surface area contributed by atoms with Crippen LogP contribution in [0.15, 0.2) is 49.1 Å². The number of alkyl halides is 3. The van der Waals surface area contributed by atoms with Crippen molar-refractivity contribution in [3.05, 3.63) is 65.9 Å². The number of rotatable bonds is 4. The molecule has 0 atom stereocenters. The molecule has 0 aliphatic carbocycles. The smallest absolute Gasteiger partial charge is 0.416 e. The summed E-state index contributed by atoms with van der Waals surface area (Å²) in [6, 6.07) is 5.99. The van der Waals surface area contributed by atoms with Crippen molar-refractivity contribution < 1.29 is 22.7 Å². The standard InChI is InChI=1S/C21H14F3N3O2/c1-3-18-17(20(28)29-4-2)9-16(19(27-18)14-10-25-12-26-11-14)13-5-7-15(8-6-13)21(22,23)24/h1,5-12H,4H2,2H3. The second kappa shape index (κ2) is 8.10. The van der Waals surface area contributed by atoms with Gasteiger partial charge in [-0.1, -0.05) is 12.1 Å². The number of nitrogens with zero attached hydrogens (tertiary/aromatic N) is 3. The van der Waals surface area contributed by atoms with Gasteiger partial charge in [0.25, 0.3) is 0 Å². The van der Waals surface area contributed by atoms with Crippen LogP contribution < -0.4 is 0 Å². The van der Waals surface area contributed by atoms with E-state index in [4.69, 9.17) is 11.2 Å².